The van der Waals surface area contributed by atoms with Crippen LogP contribution in [0.25, 0.3) is 11.1 Å². The van der Waals surface area contributed by atoms with Gasteiger partial charge in [0.15, 0.2) is 0 Å². The molecule has 0 bridgehead atoms. The van der Waals surface area contributed by atoms with E-state index in [4.69, 9.17) is 0 Å². The van der Waals surface area contributed by atoms with Crippen LogP contribution in [0.15, 0.2) is 54.7 Å². The summed E-state index contributed by atoms with van der Waals surface area (Å²) in [5, 5.41) is 9.37. The average Bonchev–Trinajstić information content (AvgIpc) is 3.06. The first kappa shape index (κ1) is 17.8. The lowest BCUT2D eigenvalue weighted by molar-refractivity contribution is 0.0706. The monoisotopic (exact) mass is 353 g/mol. The van der Waals surface area contributed by atoms with E-state index >= 15 is 0 Å². The molecule has 1 aromatic heterocycles. The lowest BCUT2D eigenvalue weighted by atomic mass is 9.98. The van der Waals surface area contributed by atoms with Crippen molar-refractivity contribution in [2.75, 3.05) is 13.2 Å². The normalized spacial score (nSPS) is 10.7. The number of aliphatic hydroxyl groups is 1. The number of imidazole rings is 1. The molecule has 2 N–H and O–H groups in total. The second-order valence-electron chi connectivity index (χ2n) is 5.97. The number of H-pyrrole nitrogens is 1. The van der Waals surface area contributed by atoms with Crippen LogP contribution in [0.3, 0.4) is 0 Å². The Balaban J connectivity index is 1.96. The molecule has 0 unspecified atom stereocenters. The van der Waals surface area contributed by atoms with E-state index in [0.29, 0.717) is 16.7 Å². The number of aromatic amines is 1. The number of nitrogens with zero attached hydrogens (tertiary/aromatic N) is 2. The molecule has 1 heterocycles. The Hall–Kier alpha value is -2.99. The molecular formula is C20H20FN3O2. The minimum atomic E-state index is -0.384. The Bertz CT molecular complexity index is 907. The first-order chi connectivity index (χ1) is 12.6. The molecule has 3 rings (SSSR count). The summed E-state index contributed by atoms with van der Waals surface area (Å²) in [5.74, 6) is 0.0963. The number of rotatable bonds is 6. The van der Waals surface area contributed by atoms with Crippen molar-refractivity contribution >= 4 is 5.91 Å². The molecule has 0 aliphatic heterocycles. The standard InChI is InChI=1S/C20H20FN3O2/c1-14-22-12-15(23-14)13-24(10-11-25)20(26)18-8-3-2-6-16(18)17-7-4-5-9-19(17)21/h2-9,12,25H,10-11,13H2,1H3,(H,22,23). The molecule has 0 saturated heterocycles. The number of hydrogen-bond acceptors (Lipinski definition) is 3. The summed E-state index contributed by atoms with van der Waals surface area (Å²) in [5.41, 5.74) is 2.06. The first-order valence-electron chi connectivity index (χ1n) is 8.34. The molecule has 5 nitrogen and oxygen atoms in total. The van der Waals surface area contributed by atoms with Crippen molar-refractivity contribution in [3.8, 4) is 11.1 Å². The van der Waals surface area contributed by atoms with Crippen LogP contribution < -0.4 is 0 Å². The summed E-state index contributed by atoms with van der Waals surface area (Å²) >= 11 is 0. The van der Waals surface area contributed by atoms with Crippen molar-refractivity contribution in [3.05, 3.63) is 77.6 Å². The van der Waals surface area contributed by atoms with Gasteiger partial charge in [0.1, 0.15) is 11.6 Å². The van der Waals surface area contributed by atoms with E-state index in [-0.39, 0.29) is 31.4 Å². The van der Waals surface area contributed by atoms with E-state index in [1.54, 1.807) is 48.7 Å². The van der Waals surface area contributed by atoms with Gasteiger partial charge in [-0.25, -0.2) is 9.37 Å². The molecular weight excluding hydrogens is 333 g/mol. The van der Waals surface area contributed by atoms with E-state index in [9.17, 15) is 14.3 Å². The summed E-state index contributed by atoms with van der Waals surface area (Å²) < 4.78 is 14.2. The Morgan fingerprint density at radius 2 is 1.85 bits per heavy atom. The summed E-state index contributed by atoms with van der Waals surface area (Å²) in [6.07, 6.45) is 1.66. The lowest BCUT2D eigenvalue weighted by Crippen LogP contribution is -2.33. The quantitative estimate of drug-likeness (QED) is 0.715. The highest BCUT2D eigenvalue weighted by Gasteiger charge is 2.21. The lowest BCUT2D eigenvalue weighted by Gasteiger charge is -2.22. The number of aryl methyl sites for hydroxylation is 1. The van der Waals surface area contributed by atoms with Crippen LogP contribution in [0.4, 0.5) is 4.39 Å². The van der Waals surface area contributed by atoms with E-state index in [1.807, 2.05) is 6.92 Å². The van der Waals surface area contributed by atoms with E-state index < -0.39 is 0 Å². The first-order valence-corrected chi connectivity index (χ1v) is 8.34. The largest absolute Gasteiger partial charge is 0.395 e. The van der Waals surface area contributed by atoms with Crippen LogP contribution in [0, 0.1) is 12.7 Å². The highest BCUT2D eigenvalue weighted by atomic mass is 19.1. The topological polar surface area (TPSA) is 69.2 Å². The van der Waals surface area contributed by atoms with Crippen LogP contribution in [0.1, 0.15) is 21.9 Å². The molecule has 0 spiro atoms. The molecule has 0 radical (unpaired) electrons. The third-order valence-electron chi connectivity index (χ3n) is 4.10. The zero-order chi connectivity index (χ0) is 18.5. The van der Waals surface area contributed by atoms with Crippen LogP contribution in [0.2, 0.25) is 0 Å². The molecule has 0 saturated carbocycles. The van der Waals surface area contributed by atoms with Gasteiger partial charge in [0.25, 0.3) is 5.91 Å². The number of aromatic nitrogens is 2. The molecule has 3 aromatic rings. The fraction of sp³-hybridized carbons (Fsp3) is 0.200. The van der Waals surface area contributed by atoms with Gasteiger partial charge in [-0.05, 0) is 24.6 Å². The maximum absolute atomic E-state index is 14.2. The third kappa shape index (κ3) is 3.81. The number of halogens is 1. The van der Waals surface area contributed by atoms with Gasteiger partial charge in [-0.2, -0.15) is 0 Å². The summed E-state index contributed by atoms with van der Waals surface area (Å²) in [4.78, 5) is 21.8. The van der Waals surface area contributed by atoms with E-state index in [1.165, 1.54) is 11.0 Å². The molecule has 134 valence electrons. The van der Waals surface area contributed by atoms with Gasteiger partial charge < -0.3 is 15.0 Å². The van der Waals surface area contributed by atoms with Gasteiger partial charge in [0.05, 0.1) is 25.0 Å². The van der Waals surface area contributed by atoms with Gasteiger partial charge in [0, 0.05) is 17.7 Å². The fourth-order valence-corrected chi connectivity index (χ4v) is 2.89. The number of hydrogen-bond donors (Lipinski definition) is 2. The van der Waals surface area contributed by atoms with Crippen LogP contribution in [0.5, 0.6) is 0 Å². The number of carbonyl (C=O) groups is 1. The molecule has 6 heteroatoms. The molecule has 0 aliphatic carbocycles. The molecule has 0 fully saturated rings. The Labute approximate surface area is 151 Å². The van der Waals surface area contributed by atoms with Crippen molar-refractivity contribution in [1.82, 2.24) is 14.9 Å². The number of nitrogens with one attached hydrogen (secondary N) is 1. The summed E-state index contributed by atoms with van der Waals surface area (Å²) in [6.45, 7) is 2.12. The highest BCUT2D eigenvalue weighted by Crippen LogP contribution is 2.27. The van der Waals surface area contributed by atoms with Crippen molar-refractivity contribution < 1.29 is 14.3 Å². The minimum absolute atomic E-state index is 0.166. The molecule has 26 heavy (non-hydrogen) atoms. The second-order valence-corrected chi connectivity index (χ2v) is 5.97. The van der Waals surface area contributed by atoms with Crippen LogP contribution in [-0.4, -0.2) is 39.0 Å². The van der Waals surface area contributed by atoms with Crippen LogP contribution >= 0.6 is 0 Å². The highest BCUT2D eigenvalue weighted by molar-refractivity contribution is 6.00. The van der Waals surface area contributed by atoms with Gasteiger partial charge >= 0.3 is 0 Å². The fourth-order valence-electron chi connectivity index (χ4n) is 2.89. The number of aliphatic hydroxyl groups excluding tert-OH is 1. The number of benzene rings is 2. The molecule has 0 aliphatic rings. The van der Waals surface area contributed by atoms with Crippen LogP contribution in [-0.2, 0) is 6.54 Å². The van der Waals surface area contributed by atoms with Crippen molar-refractivity contribution in [2.24, 2.45) is 0 Å². The van der Waals surface area contributed by atoms with Crippen molar-refractivity contribution in [2.45, 2.75) is 13.5 Å². The summed E-state index contributed by atoms with van der Waals surface area (Å²) in [6, 6.07) is 13.3. The zero-order valence-corrected chi connectivity index (χ0v) is 14.4. The van der Waals surface area contributed by atoms with Crippen molar-refractivity contribution in [3.63, 3.8) is 0 Å². The van der Waals surface area contributed by atoms with Crippen molar-refractivity contribution in [1.29, 1.82) is 0 Å². The van der Waals surface area contributed by atoms with Gasteiger partial charge in [-0.15, -0.1) is 0 Å². The Morgan fingerprint density at radius 1 is 1.15 bits per heavy atom. The van der Waals surface area contributed by atoms with E-state index in [0.717, 1.165) is 11.5 Å². The Kier molecular flexibility index (Phi) is 5.43. The van der Waals surface area contributed by atoms with Gasteiger partial charge in [-0.1, -0.05) is 36.4 Å². The second kappa shape index (κ2) is 7.93. The predicted octanol–water partition coefficient (Wildman–Crippen LogP) is 3.16. The third-order valence-corrected chi connectivity index (χ3v) is 4.10. The number of amides is 1. The summed E-state index contributed by atoms with van der Waals surface area (Å²) in [7, 11) is 0. The maximum Gasteiger partial charge on any atom is 0.254 e. The molecule has 2 aromatic carbocycles. The molecule has 1 amide bonds. The molecule has 0 atom stereocenters. The van der Waals surface area contributed by atoms with Gasteiger partial charge in [0.2, 0.25) is 0 Å². The van der Waals surface area contributed by atoms with E-state index in [2.05, 4.69) is 9.97 Å². The Morgan fingerprint density at radius 3 is 2.50 bits per heavy atom. The SMILES string of the molecule is Cc1ncc(CN(CCO)C(=O)c2ccccc2-c2ccccc2F)[nH]1. The minimum Gasteiger partial charge on any atom is -0.395 e. The number of carbonyl (C=O) groups excluding carboxylic acids is 1. The predicted molar refractivity (Wildman–Crippen MR) is 97.0 cm³/mol. The maximum atomic E-state index is 14.2. The zero-order valence-electron chi connectivity index (χ0n) is 14.4. The average molecular weight is 353 g/mol. The van der Waals surface area contributed by atoms with Gasteiger partial charge in [-0.3, -0.25) is 4.79 Å². The smallest absolute Gasteiger partial charge is 0.254 e.